The van der Waals surface area contributed by atoms with Gasteiger partial charge in [-0.15, -0.1) is 0 Å². The fourth-order valence-electron chi connectivity index (χ4n) is 7.92. The SMILES string of the molecule is CC(C)[C@H](CO)N1C(=O)[C@H]2[C@@H]3C(=O)O[C@H](c4ccccc4)CNC(=O)CC/C=C\CN(c4ccc5ccccc5c4)C(=O)[C@H]1[C@@]21C=C(Br)[C@@H]3O1. The lowest BCUT2D eigenvalue weighted by molar-refractivity contribution is -0.160. The minimum atomic E-state index is -1.51. The van der Waals surface area contributed by atoms with Gasteiger partial charge in [-0.3, -0.25) is 19.2 Å². The predicted molar refractivity (Wildman–Crippen MR) is 191 cm³/mol. The molecule has 5 bridgehead atoms. The second-order valence-corrected chi connectivity index (χ2v) is 14.6. The zero-order chi connectivity index (χ0) is 35.2. The Bertz CT molecular complexity index is 1880. The molecule has 3 aromatic carbocycles. The summed E-state index contributed by atoms with van der Waals surface area (Å²) in [7, 11) is 0. The first-order valence-corrected chi connectivity index (χ1v) is 17.9. The van der Waals surface area contributed by atoms with Crippen LogP contribution in [0.15, 0.2) is 95.5 Å². The quantitative estimate of drug-likeness (QED) is 0.284. The van der Waals surface area contributed by atoms with Crippen LogP contribution in [0.4, 0.5) is 5.69 Å². The predicted octanol–water partition coefficient (Wildman–Crippen LogP) is 4.81. The lowest BCUT2D eigenvalue weighted by atomic mass is 9.74. The summed E-state index contributed by atoms with van der Waals surface area (Å²) in [4.78, 5) is 60.3. The summed E-state index contributed by atoms with van der Waals surface area (Å²) < 4.78 is 13.4. The smallest absolute Gasteiger partial charge is 0.313 e. The first-order chi connectivity index (χ1) is 24.1. The number of carbonyl (C=O) groups excluding carboxylic acids is 4. The number of hydrogen-bond acceptors (Lipinski definition) is 7. The molecule has 7 rings (SSSR count). The van der Waals surface area contributed by atoms with E-state index in [-0.39, 0.29) is 37.9 Å². The summed E-state index contributed by atoms with van der Waals surface area (Å²) in [6.45, 7) is 3.58. The number of carbonyl (C=O) groups is 4. The van der Waals surface area contributed by atoms with Crippen molar-refractivity contribution >= 4 is 56.1 Å². The van der Waals surface area contributed by atoms with E-state index in [0.717, 1.165) is 10.8 Å². The highest BCUT2D eigenvalue weighted by Gasteiger charge is 2.75. The number of hydrogen-bond donors (Lipinski definition) is 2. The van der Waals surface area contributed by atoms with Gasteiger partial charge in [0.15, 0.2) is 0 Å². The molecule has 7 atom stereocenters. The molecule has 0 saturated carbocycles. The Balaban J connectivity index is 1.37. The van der Waals surface area contributed by atoms with Crippen molar-refractivity contribution in [2.75, 3.05) is 24.6 Å². The topological polar surface area (TPSA) is 125 Å². The fraction of sp³-hybridized carbons (Fsp3) is 0.385. The molecular weight excluding hydrogens is 702 g/mol. The molecule has 0 aliphatic carbocycles. The molecule has 2 N–H and O–H groups in total. The van der Waals surface area contributed by atoms with Crippen molar-refractivity contribution in [2.24, 2.45) is 17.8 Å². The van der Waals surface area contributed by atoms with Crippen LogP contribution in [-0.2, 0) is 28.7 Å². The number of ether oxygens (including phenoxy) is 2. The van der Waals surface area contributed by atoms with Crippen molar-refractivity contribution < 1.29 is 33.8 Å². The summed E-state index contributed by atoms with van der Waals surface area (Å²) in [5, 5.41) is 15.5. The van der Waals surface area contributed by atoms with Gasteiger partial charge in [0, 0.05) is 23.1 Å². The molecular formula is C39H40BrN3O7. The number of nitrogens with one attached hydrogen (secondary N) is 1. The Labute approximate surface area is 299 Å². The van der Waals surface area contributed by atoms with Crippen LogP contribution in [0, 0.1) is 17.8 Å². The average molecular weight is 743 g/mol. The van der Waals surface area contributed by atoms with E-state index in [1.165, 1.54) is 4.90 Å². The van der Waals surface area contributed by atoms with Crippen molar-refractivity contribution in [3.8, 4) is 0 Å². The highest BCUT2D eigenvalue weighted by atomic mass is 79.9. The lowest BCUT2D eigenvalue weighted by Crippen LogP contribution is -2.59. The number of esters is 1. The van der Waals surface area contributed by atoms with Crippen molar-refractivity contribution in [2.45, 2.75) is 56.6 Å². The van der Waals surface area contributed by atoms with E-state index in [0.29, 0.717) is 22.2 Å². The van der Waals surface area contributed by atoms with Crippen LogP contribution >= 0.6 is 15.9 Å². The molecule has 2 fully saturated rings. The van der Waals surface area contributed by atoms with Crippen LogP contribution in [0.3, 0.4) is 0 Å². The maximum Gasteiger partial charge on any atom is 0.313 e. The van der Waals surface area contributed by atoms with Gasteiger partial charge in [-0.05, 0) is 46.9 Å². The third kappa shape index (κ3) is 5.84. The number of likely N-dealkylation sites (tertiary alicyclic amines) is 1. The first kappa shape index (κ1) is 34.1. The molecule has 4 aliphatic heterocycles. The van der Waals surface area contributed by atoms with Crippen LogP contribution in [0.1, 0.15) is 38.4 Å². The Morgan fingerprint density at radius 2 is 1.70 bits per heavy atom. The summed E-state index contributed by atoms with van der Waals surface area (Å²) in [5.74, 6) is -4.12. The molecule has 3 aromatic rings. The number of aliphatic hydroxyl groups excluding tert-OH is 1. The van der Waals surface area contributed by atoms with Crippen LogP contribution in [0.5, 0.6) is 0 Å². The normalized spacial score (nSPS) is 29.9. The van der Waals surface area contributed by atoms with E-state index in [1.807, 2.05) is 98.8 Å². The highest BCUT2D eigenvalue weighted by molar-refractivity contribution is 9.11. The minimum Gasteiger partial charge on any atom is -0.455 e. The molecule has 2 saturated heterocycles. The maximum atomic E-state index is 15.2. The van der Waals surface area contributed by atoms with Crippen molar-refractivity contribution in [1.29, 1.82) is 0 Å². The van der Waals surface area contributed by atoms with Gasteiger partial charge >= 0.3 is 5.97 Å². The number of rotatable bonds is 5. The van der Waals surface area contributed by atoms with Crippen LogP contribution in [0.2, 0.25) is 0 Å². The van der Waals surface area contributed by atoms with E-state index in [1.54, 1.807) is 11.0 Å². The monoisotopic (exact) mass is 741 g/mol. The van der Waals surface area contributed by atoms with Crippen LogP contribution < -0.4 is 10.2 Å². The van der Waals surface area contributed by atoms with E-state index in [2.05, 4.69) is 21.2 Å². The van der Waals surface area contributed by atoms with Gasteiger partial charge in [0.2, 0.25) is 11.8 Å². The standard InChI is InChI=1S/C39H40BrN3O7/c1-23(2)29(22-44)43-35-37(47)42(27-17-16-24-11-8-9-14-26(24)19-27)18-10-4-7-15-31(45)41-21-30(25-12-5-3-6-13-25)49-38(48)32-33(36(43)46)39(35)20-28(40)34(32)50-39/h3-6,8-14,16-17,19-20,23,29-30,32-35,44H,7,15,18,21-22H2,1-2H3,(H,41,45)/b10-4-/t29-,30-,32-,33+,34-,35-,39+/m0/s1. The van der Waals surface area contributed by atoms with Crippen LogP contribution in [-0.4, -0.2) is 77.2 Å². The van der Waals surface area contributed by atoms with Crippen LogP contribution in [0.25, 0.3) is 10.8 Å². The van der Waals surface area contributed by atoms with Crippen molar-refractivity contribution in [3.05, 3.63) is 101 Å². The lowest BCUT2D eigenvalue weighted by Gasteiger charge is -2.40. The van der Waals surface area contributed by atoms with E-state index in [4.69, 9.17) is 9.47 Å². The fourth-order valence-corrected chi connectivity index (χ4v) is 8.66. The first-order valence-electron chi connectivity index (χ1n) is 17.1. The molecule has 260 valence electrons. The number of halogens is 1. The molecule has 0 unspecified atom stereocenters. The molecule has 10 nitrogen and oxygen atoms in total. The van der Waals surface area contributed by atoms with E-state index >= 15 is 4.79 Å². The third-order valence-corrected chi connectivity index (χ3v) is 11.1. The largest absolute Gasteiger partial charge is 0.455 e. The number of fused-ring (bicyclic) bond motifs is 3. The number of nitrogens with zero attached hydrogens (tertiary/aromatic N) is 2. The summed E-state index contributed by atoms with van der Waals surface area (Å²) >= 11 is 3.61. The number of cyclic esters (lactones) is 1. The molecule has 11 heteroatoms. The number of aliphatic hydroxyl groups is 1. The molecule has 0 aromatic heterocycles. The molecule has 4 heterocycles. The highest BCUT2D eigenvalue weighted by Crippen LogP contribution is 2.59. The summed E-state index contributed by atoms with van der Waals surface area (Å²) in [6, 6.07) is 20.8. The second kappa shape index (κ2) is 13.8. The number of anilines is 1. The summed E-state index contributed by atoms with van der Waals surface area (Å²) in [6.07, 6.45) is 4.41. The minimum absolute atomic E-state index is 0.0419. The molecule has 0 radical (unpaired) electrons. The zero-order valence-corrected chi connectivity index (χ0v) is 29.5. The van der Waals surface area contributed by atoms with Gasteiger partial charge in [0.25, 0.3) is 5.91 Å². The van der Waals surface area contributed by atoms with Crippen molar-refractivity contribution in [1.82, 2.24) is 10.2 Å². The van der Waals surface area contributed by atoms with E-state index < -0.39 is 59.5 Å². The van der Waals surface area contributed by atoms with Gasteiger partial charge < -0.3 is 29.7 Å². The van der Waals surface area contributed by atoms with Gasteiger partial charge in [-0.2, -0.15) is 0 Å². The van der Waals surface area contributed by atoms with E-state index in [9.17, 15) is 19.5 Å². The van der Waals surface area contributed by atoms with Gasteiger partial charge in [0.05, 0.1) is 25.1 Å². The molecule has 4 aliphatic rings. The zero-order valence-electron chi connectivity index (χ0n) is 27.9. The van der Waals surface area contributed by atoms with Gasteiger partial charge in [-0.1, -0.05) is 103 Å². The average Bonchev–Trinajstić information content (AvgIpc) is 3.71. The van der Waals surface area contributed by atoms with Gasteiger partial charge in [0.1, 0.15) is 29.8 Å². The summed E-state index contributed by atoms with van der Waals surface area (Å²) in [5.41, 5.74) is -0.207. The Morgan fingerprint density at radius 3 is 2.44 bits per heavy atom. The van der Waals surface area contributed by atoms with Gasteiger partial charge in [-0.25, -0.2) is 0 Å². The number of amides is 3. The number of allylic oxidation sites excluding steroid dienone is 1. The number of benzene rings is 3. The Kier molecular flexibility index (Phi) is 9.40. The molecule has 1 spiro atoms. The van der Waals surface area contributed by atoms with Crippen molar-refractivity contribution in [3.63, 3.8) is 0 Å². The Hall–Kier alpha value is -4.32. The second-order valence-electron chi connectivity index (χ2n) is 13.7. The third-order valence-electron chi connectivity index (χ3n) is 10.4. The maximum absolute atomic E-state index is 15.2. The molecule has 50 heavy (non-hydrogen) atoms. The molecule has 3 amide bonds. The Morgan fingerprint density at radius 1 is 0.960 bits per heavy atom.